The Bertz CT molecular complexity index is 438. The van der Waals surface area contributed by atoms with Crippen LogP contribution >= 0.6 is 0 Å². The highest BCUT2D eigenvalue weighted by atomic mass is 16.2. The van der Waals surface area contributed by atoms with Crippen LogP contribution in [-0.4, -0.2) is 39.1 Å². The number of carbonyl (C=O) groups is 2. The molecule has 0 saturated heterocycles. The average molecular weight is 237 g/mol. The summed E-state index contributed by atoms with van der Waals surface area (Å²) >= 11 is 0. The monoisotopic (exact) mass is 237 g/mol. The van der Waals surface area contributed by atoms with E-state index in [1.807, 2.05) is 0 Å². The van der Waals surface area contributed by atoms with Crippen molar-refractivity contribution in [1.82, 2.24) is 25.8 Å². The first-order chi connectivity index (χ1) is 8.06. The maximum absolute atomic E-state index is 11.6. The van der Waals surface area contributed by atoms with Gasteiger partial charge in [0.1, 0.15) is 11.9 Å². The molecule has 2 amide bonds. The highest BCUT2D eigenvalue weighted by Gasteiger charge is 2.26. The van der Waals surface area contributed by atoms with E-state index in [-0.39, 0.29) is 17.8 Å². The highest BCUT2D eigenvalue weighted by Crippen LogP contribution is 2.18. The first-order valence-electron chi connectivity index (χ1n) is 5.56. The molecule has 17 heavy (non-hydrogen) atoms. The van der Waals surface area contributed by atoms with Crippen LogP contribution in [-0.2, 0) is 4.79 Å². The van der Waals surface area contributed by atoms with Gasteiger partial charge in [-0.3, -0.25) is 14.7 Å². The molecule has 7 heteroatoms. The van der Waals surface area contributed by atoms with Gasteiger partial charge in [0.05, 0.1) is 0 Å². The second-order valence-electron chi connectivity index (χ2n) is 4.22. The first kappa shape index (κ1) is 11.6. The van der Waals surface area contributed by atoms with Crippen molar-refractivity contribution in [1.29, 1.82) is 0 Å². The molecule has 2 rings (SSSR count). The summed E-state index contributed by atoms with van der Waals surface area (Å²) < 4.78 is 0. The van der Waals surface area contributed by atoms with Crippen LogP contribution in [0.5, 0.6) is 0 Å². The minimum Gasteiger partial charge on any atom is -0.352 e. The lowest BCUT2D eigenvalue weighted by atomic mass is 10.3. The molecule has 0 aromatic carbocycles. The van der Waals surface area contributed by atoms with Crippen molar-refractivity contribution in [2.75, 3.05) is 0 Å². The van der Waals surface area contributed by atoms with Crippen molar-refractivity contribution in [3.8, 4) is 0 Å². The van der Waals surface area contributed by atoms with E-state index in [2.05, 4.69) is 25.8 Å². The number of amides is 2. The molecule has 1 saturated carbocycles. The van der Waals surface area contributed by atoms with E-state index < -0.39 is 11.9 Å². The Labute approximate surface area is 98.4 Å². The summed E-state index contributed by atoms with van der Waals surface area (Å²) in [4.78, 5) is 27.1. The van der Waals surface area contributed by atoms with Gasteiger partial charge in [0.2, 0.25) is 11.7 Å². The Morgan fingerprint density at radius 2 is 2.18 bits per heavy atom. The molecule has 1 atom stereocenters. The zero-order chi connectivity index (χ0) is 12.4. The number of aromatic nitrogens is 3. The van der Waals surface area contributed by atoms with Crippen molar-refractivity contribution < 1.29 is 9.59 Å². The fourth-order valence-electron chi connectivity index (χ4n) is 1.32. The van der Waals surface area contributed by atoms with Crippen LogP contribution in [0.25, 0.3) is 0 Å². The summed E-state index contributed by atoms with van der Waals surface area (Å²) in [6.07, 6.45) is 2.04. The van der Waals surface area contributed by atoms with Gasteiger partial charge >= 0.3 is 0 Å². The van der Waals surface area contributed by atoms with Crippen LogP contribution in [0, 0.1) is 6.92 Å². The molecule has 92 valence electrons. The first-order valence-corrected chi connectivity index (χ1v) is 5.56. The Kier molecular flexibility index (Phi) is 3.08. The molecule has 1 fully saturated rings. The second kappa shape index (κ2) is 4.52. The van der Waals surface area contributed by atoms with Crippen LogP contribution in [0.4, 0.5) is 0 Å². The van der Waals surface area contributed by atoms with E-state index in [9.17, 15) is 9.59 Å². The van der Waals surface area contributed by atoms with Gasteiger partial charge in [0, 0.05) is 6.04 Å². The predicted molar refractivity (Wildman–Crippen MR) is 59.2 cm³/mol. The Hall–Kier alpha value is -1.92. The molecule has 0 bridgehead atoms. The Balaban J connectivity index is 1.86. The van der Waals surface area contributed by atoms with E-state index in [1.165, 1.54) is 0 Å². The molecule has 1 unspecified atom stereocenters. The maximum Gasteiger partial charge on any atom is 0.291 e. The van der Waals surface area contributed by atoms with E-state index in [0.717, 1.165) is 12.8 Å². The smallest absolute Gasteiger partial charge is 0.291 e. The lowest BCUT2D eigenvalue weighted by Crippen LogP contribution is -2.45. The number of nitrogens with one attached hydrogen (secondary N) is 3. The lowest BCUT2D eigenvalue weighted by molar-refractivity contribution is -0.122. The third-order valence-corrected chi connectivity index (χ3v) is 2.46. The van der Waals surface area contributed by atoms with Crippen LogP contribution in [0.3, 0.4) is 0 Å². The molecular weight excluding hydrogens is 222 g/mol. The number of nitrogens with zero attached hydrogens (tertiary/aromatic N) is 2. The van der Waals surface area contributed by atoms with Gasteiger partial charge < -0.3 is 10.6 Å². The lowest BCUT2D eigenvalue weighted by Gasteiger charge is -2.12. The molecule has 1 aliphatic carbocycles. The SMILES string of the molecule is Cc1nc(C(=O)NC(C)C(=O)NC2CC2)n[nH]1. The van der Waals surface area contributed by atoms with Crippen molar-refractivity contribution in [2.45, 2.75) is 38.8 Å². The number of hydrogen-bond acceptors (Lipinski definition) is 4. The van der Waals surface area contributed by atoms with Gasteiger partial charge in [-0.1, -0.05) is 0 Å². The van der Waals surface area contributed by atoms with E-state index in [0.29, 0.717) is 5.82 Å². The summed E-state index contributed by atoms with van der Waals surface area (Å²) in [5.41, 5.74) is 0. The fourth-order valence-corrected chi connectivity index (χ4v) is 1.32. The molecular formula is C10H15N5O2. The summed E-state index contributed by atoms with van der Waals surface area (Å²) in [5, 5.41) is 11.7. The van der Waals surface area contributed by atoms with Gasteiger partial charge in [0.25, 0.3) is 5.91 Å². The van der Waals surface area contributed by atoms with Crippen LogP contribution in [0.1, 0.15) is 36.2 Å². The fraction of sp³-hybridized carbons (Fsp3) is 0.600. The number of aryl methyl sites for hydroxylation is 1. The van der Waals surface area contributed by atoms with Gasteiger partial charge in [0.15, 0.2) is 0 Å². The van der Waals surface area contributed by atoms with Crippen molar-refractivity contribution in [3.63, 3.8) is 0 Å². The van der Waals surface area contributed by atoms with E-state index in [4.69, 9.17) is 0 Å². The van der Waals surface area contributed by atoms with Crippen LogP contribution < -0.4 is 10.6 Å². The molecule has 0 radical (unpaired) electrons. The van der Waals surface area contributed by atoms with Crippen molar-refractivity contribution in [3.05, 3.63) is 11.6 Å². The molecule has 3 N–H and O–H groups in total. The topological polar surface area (TPSA) is 99.8 Å². The largest absolute Gasteiger partial charge is 0.352 e. The molecule has 1 aromatic rings. The number of hydrogen-bond donors (Lipinski definition) is 3. The minimum absolute atomic E-state index is 0.0496. The third-order valence-electron chi connectivity index (χ3n) is 2.46. The highest BCUT2D eigenvalue weighted by molar-refractivity contribution is 5.94. The zero-order valence-electron chi connectivity index (χ0n) is 9.78. The summed E-state index contributed by atoms with van der Waals surface area (Å²) in [6.45, 7) is 3.34. The summed E-state index contributed by atoms with van der Waals surface area (Å²) in [5.74, 6) is -0.0142. The zero-order valence-corrected chi connectivity index (χ0v) is 9.78. The van der Waals surface area contributed by atoms with Gasteiger partial charge in [-0.15, -0.1) is 5.10 Å². The van der Waals surface area contributed by atoms with Crippen molar-refractivity contribution >= 4 is 11.8 Å². The molecule has 0 spiro atoms. The average Bonchev–Trinajstić information content (AvgIpc) is 2.97. The number of H-pyrrole nitrogens is 1. The van der Waals surface area contributed by atoms with Crippen LogP contribution in [0.2, 0.25) is 0 Å². The molecule has 1 heterocycles. The van der Waals surface area contributed by atoms with E-state index in [1.54, 1.807) is 13.8 Å². The number of carbonyl (C=O) groups excluding carboxylic acids is 2. The quantitative estimate of drug-likeness (QED) is 0.658. The van der Waals surface area contributed by atoms with Crippen molar-refractivity contribution in [2.24, 2.45) is 0 Å². The standard InChI is InChI=1S/C10H15N5O2/c1-5(9(16)13-7-3-4-7)11-10(17)8-12-6(2)14-15-8/h5,7H,3-4H2,1-2H3,(H,11,17)(H,13,16)(H,12,14,15). The van der Waals surface area contributed by atoms with E-state index >= 15 is 0 Å². The van der Waals surface area contributed by atoms with Gasteiger partial charge in [-0.05, 0) is 26.7 Å². The van der Waals surface area contributed by atoms with Gasteiger partial charge in [-0.2, -0.15) is 0 Å². The number of rotatable bonds is 4. The molecule has 7 nitrogen and oxygen atoms in total. The Morgan fingerprint density at radius 3 is 2.71 bits per heavy atom. The minimum atomic E-state index is -0.582. The maximum atomic E-state index is 11.6. The summed E-state index contributed by atoms with van der Waals surface area (Å²) in [7, 11) is 0. The second-order valence-corrected chi connectivity index (χ2v) is 4.22. The molecule has 1 aliphatic rings. The third kappa shape index (κ3) is 3.02. The summed E-state index contributed by atoms with van der Waals surface area (Å²) in [6, 6.07) is -0.297. The van der Waals surface area contributed by atoms with Gasteiger partial charge in [-0.25, -0.2) is 4.98 Å². The normalized spacial score (nSPS) is 16.4. The predicted octanol–water partition coefficient (Wildman–Crippen LogP) is -0.490. The molecule has 1 aromatic heterocycles. The Morgan fingerprint density at radius 1 is 1.47 bits per heavy atom. The number of aromatic amines is 1. The van der Waals surface area contributed by atoms with Crippen LogP contribution in [0.15, 0.2) is 0 Å². The molecule has 0 aliphatic heterocycles.